The van der Waals surface area contributed by atoms with E-state index in [-0.39, 0.29) is 0 Å². The predicted molar refractivity (Wildman–Crippen MR) is 70.4 cm³/mol. The molecule has 0 saturated heterocycles. The van der Waals surface area contributed by atoms with E-state index in [1.807, 2.05) is 0 Å². The molecule has 17 heteroatoms. The molecule has 0 N–H and O–H groups in total. The molecule has 0 aromatic rings. The smallest absolute Gasteiger partial charge is 0.459 e. The molecule has 0 aliphatic carbocycles. The Kier molecular flexibility index (Phi) is 7.96. The molecule has 29 heavy (non-hydrogen) atoms. The number of carbonyl (C=O) groups excluding carboxylic acids is 1. The Bertz CT molecular complexity index is 680. The van der Waals surface area contributed by atoms with Crippen molar-refractivity contribution < 1.29 is 70.6 Å². The molecular weight excluding hydrogens is 468 g/mol. The van der Waals surface area contributed by atoms with Crippen LogP contribution in [0.4, 0.5) is 52.7 Å². The van der Waals surface area contributed by atoms with E-state index in [2.05, 4.69) is 4.74 Å². The Morgan fingerprint density at radius 1 is 0.793 bits per heavy atom. The van der Waals surface area contributed by atoms with E-state index in [1.165, 1.54) is 0 Å². The quantitative estimate of drug-likeness (QED) is 0.368. The molecule has 1 unspecified atom stereocenters. The van der Waals surface area contributed by atoms with Crippen molar-refractivity contribution in [3.63, 3.8) is 0 Å². The van der Waals surface area contributed by atoms with E-state index in [4.69, 9.17) is 0 Å². The first-order valence-electron chi connectivity index (χ1n) is 7.10. The highest BCUT2D eigenvalue weighted by Gasteiger charge is 2.72. The van der Waals surface area contributed by atoms with Crippen molar-refractivity contribution in [2.24, 2.45) is 0 Å². The second-order valence-corrected chi connectivity index (χ2v) is 7.95. The van der Waals surface area contributed by atoms with Gasteiger partial charge in [-0.2, -0.15) is 52.7 Å². The molecule has 0 aromatic heterocycles. The average Bonchev–Trinajstić information content (AvgIpc) is 2.50. The fourth-order valence-electron chi connectivity index (χ4n) is 1.81. The van der Waals surface area contributed by atoms with Crippen LogP contribution in [0, 0.1) is 0 Å². The summed E-state index contributed by atoms with van der Waals surface area (Å²) in [6, 6.07) is 0. The molecule has 0 saturated carbocycles. The molecule has 0 rings (SSSR count). The SMILES string of the molecule is COC(=O)C(CCC(F)(F)C(F)(F)F)S(=O)(=O)CCC(F)(F)C(F)(F)C(F)(F)F. The third-order valence-electron chi connectivity index (χ3n) is 3.55. The van der Waals surface area contributed by atoms with Gasteiger partial charge in [-0.1, -0.05) is 0 Å². The zero-order valence-electron chi connectivity index (χ0n) is 14.0. The van der Waals surface area contributed by atoms with Gasteiger partial charge in [-0.05, 0) is 6.42 Å². The molecule has 0 heterocycles. The lowest BCUT2D eigenvalue weighted by molar-refractivity contribution is -0.354. The summed E-state index contributed by atoms with van der Waals surface area (Å²) in [5.74, 6) is -22.4. The maximum Gasteiger partial charge on any atom is 0.459 e. The standard InChI is InChI=1S/C12H12F12O4S/c1-28-7(25)6(2-3-9(15,16)11(19,20)21)29(26,27)5-4-8(13,14)10(17,18)12(22,23)24/h6H,2-5H2,1H3. The highest BCUT2D eigenvalue weighted by atomic mass is 32.2. The number of methoxy groups -OCH3 is 1. The molecule has 0 bridgehead atoms. The summed E-state index contributed by atoms with van der Waals surface area (Å²) in [5.41, 5.74) is 0. The number of hydrogen-bond acceptors (Lipinski definition) is 4. The van der Waals surface area contributed by atoms with Gasteiger partial charge >= 0.3 is 36.1 Å². The fraction of sp³-hybridized carbons (Fsp3) is 0.917. The summed E-state index contributed by atoms with van der Waals surface area (Å²) in [7, 11) is -5.05. The number of carbonyl (C=O) groups is 1. The number of halogens is 12. The molecule has 0 spiro atoms. The zero-order chi connectivity index (χ0) is 23.7. The van der Waals surface area contributed by atoms with Crippen molar-refractivity contribution in [1.29, 1.82) is 0 Å². The van der Waals surface area contributed by atoms with E-state index >= 15 is 0 Å². The van der Waals surface area contributed by atoms with Crippen LogP contribution in [0.5, 0.6) is 0 Å². The molecule has 0 aliphatic heterocycles. The lowest BCUT2D eigenvalue weighted by Gasteiger charge is -2.28. The van der Waals surface area contributed by atoms with Gasteiger partial charge in [0, 0.05) is 12.8 Å². The average molecular weight is 480 g/mol. The van der Waals surface area contributed by atoms with Crippen molar-refractivity contribution in [2.75, 3.05) is 12.9 Å². The Labute approximate surface area is 155 Å². The van der Waals surface area contributed by atoms with E-state index in [9.17, 15) is 65.9 Å². The molecule has 4 nitrogen and oxygen atoms in total. The third kappa shape index (κ3) is 6.28. The van der Waals surface area contributed by atoms with Crippen molar-refractivity contribution in [1.82, 2.24) is 0 Å². The Balaban J connectivity index is 5.59. The van der Waals surface area contributed by atoms with Crippen molar-refractivity contribution in [2.45, 2.75) is 54.6 Å². The molecule has 174 valence electrons. The van der Waals surface area contributed by atoms with Crippen LogP contribution in [0.2, 0.25) is 0 Å². The first-order valence-corrected chi connectivity index (χ1v) is 8.81. The molecule has 0 amide bonds. The summed E-state index contributed by atoms with van der Waals surface area (Å²) in [6.45, 7) is 0. The van der Waals surface area contributed by atoms with E-state index in [1.54, 1.807) is 0 Å². The Morgan fingerprint density at radius 2 is 1.24 bits per heavy atom. The molecule has 0 aliphatic rings. The molecular formula is C12H12F12O4S. The van der Waals surface area contributed by atoms with Crippen LogP contribution in [-0.2, 0) is 19.4 Å². The zero-order valence-corrected chi connectivity index (χ0v) is 14.8. The van der Waals surface area contributed by atoms with Gasteiger partial charge < -0.3 is 4.74 Å². The molecule has 0 fully saturated rings. The lowest BCUT2D eigenvalue weighted by Crippen LogP contribution is -2.52. The van der Waals surface area contributed by atoms with Gasteiger partial charge in [-0.25, -0.2) is 8.42 Å². The third-order valence-corrected chi connectivity index (χ3v) is 5.62. The molecule has 0 radical (unpaired) electrons. The highest BCUT2D eigenvalue weighted by Crippen LogP contribution is 2.48. The number of rotatable bonds is 9. The second-order valence-electron chi connectivity index (χ2n) is 5.65. The summed E-state index contributed by atoms with van der Waals surface area (Å²) in [6.07, 6.45) is -19.8. The van der Waals surface area contributed by atoms with Crippen LogP contribution < -0.4 is 0 Å². The fourth-order valence-corrected chi connectivity index (χ4v) is 3.50. The number of esters is 1. The first kappa shape index (κ1) is 27.6. The number of alkyl halides is 12. The monoisotopic (exact) mass is 480 g/mol. The van der Waals surface area contributed by atoms with Gasteiger partial charge in [0.05, 0.1) is 12.9 Å². The van der Waals surface area contributed by atoms with Crippen LogP contribution in [0.1, 0.15) is 19.3 Å². The number of ether oxygens (including phenoxy) is 1. The van der Waals surface area contributed by atoms with Gasteiger partial charge in [0.25, 0.3) is 0 Å². The van der Waals surface area contributed by atoms with Crippen LogP contribution in [0.3, 0.4) is 0 Å². The van der Waals surface area contributed by atoms with Crippen LogP contribution in [-0.4, -0.2) is 62.6 Å². The Morgan fingerprint density at radius 3 is 1.59 bits per heavy atom. The van der Waals surface area contributed by atoms with E-state index in [0.29, 0.717) is 7.11 Å². The van der Waals surface area contributed by atoms with Crippen molar-refractivity contribution in [3.8, 4) is 0 Å². The van der Waals surface area contributed by atoms with Crippen LogP contribution >= 0.6 is 0 Å². The van der Waals surface area contributed by atoms with E-state index < -0.39 is 76.2 Å². The van der Waals surface area contributed by atoms with Gasteiger partial charge in [0.15, 0.2) is 15.1 Å². The predicted octanol–water partition coefficient (Wildman–Crippen LogP) is 4.14. The highest BCUT2D eigenvalue weighted by molar-refractivity contribution is 7.92. The van der Waals surface area contributed by atoms with Crippen LogP contribution in [0.15, 0.2) is 0 Å². The number of hydrogen-bond donors (Lipinski definition) is 0. The first-order chi connectivity index (χ1) is 12.5. The van der Waals surface area contributed by atoms with Gasteiger partial charge in [0.1, 0.15) is 0 Å². The summed E-state index contributed by atoms with van der Waals surface area (Å²) in [5, 5.41) is -2.93. The lowest BCUT2D eigenvalue weighted by atomic mass is 10.1. The minimum Gasteiger partial charge on any atom is -0.468 e. The van der Waals surface area contributed by atoms with Gasteiger partial charge in [-0.3, -0.25) is 4.79 Å². The largest absolute Gasteiger partial charge is 0.468 e. The molecule has 0 aromatic carbocycles. The van der Waals surface area contributed by atoms with Gasteiger partial charge in [0.2, 0.25) is 0 Å². The van der Waals surface area contributed by atoms with E-state index in [0.717, 1.165) is 0 Å². The maximum absolute atomic E-state index is 13.2. The van der Waals surface area contributed by atoms with Crippen molar-refractivity contribution >= 4 is 15.8 Å². The minimum absolute atomic E-state index is 0.444. The van der Waals surface area contributed by atoms with Crippen LogP contribution in [0.25, 0.3) is 0 Å². The second kappa shape index (κ2) is 8.37. The summed E-state index contributed by atoms with van der Waals surface area (Å²) in [4.78, 5) is 11.4. The summed E-state index contributed by atoms with van der Waals surface area (Å²) < 4.78 is 178. The Hall–Kier alpha value is -1.42. The normalized spacial score (nSPS) is 15.9. The number of sulfone groups is 1. The minimum atomic E-state index is -6.78. The maximum atomic E-state index is 13.2. The van der Waals surface area contributed by atoms with Gasteiger partial charge in [-0.15, -0.1) is 0 Å². The molecule has 1 atom stereocenters. The summed E-state index contributed by atoms with van der Waals surface area (Å²) >= 11 is 0. The topological polar surface area (TPSA) is 60.4 Å². The van der Waals surface area contributed by atoms with Crippen molar-refractivity contribution in [3.05, 3.63) is 0 Å².